The van der Waals surface area contributed by atoms with E-state index in [4.69, 9.17) is 4.18 Å². The Morgan fingerprint density at radius 2 is 1.92 bits per heavy atom. The first-order valence-electron chi connectivity index (χ1n) is 3.65. The van der Waals surface area contributed by atoms with Crippen molar-refractivity contribution in [1.82, 2.24) is 10.3 Å². The number of aryl methyl sites for hydroxylation is 1. The van der Waals surface area contributed by atoms with Crippen molar-refractivity contribution in [3.63, 3.8) is 0 Å². The second kappa shape index (κ2) is 5.03. The van der Waals surface area contributed by atoms with Gasteiger partial charge in [-0.15, -0.1) is 0 Å². The van der Waals surface area contributed by atoms with Gasteiger partial charge in [0.25, 0.3) is 0 Å². The first-order valence-corrected chi connectivity index (χ1v) is 4.39. The summed E-state index contributed by atoms with van der Waals surface area (Å²) in [6.45, 7) is 2.04. The monoisotopic (exact) mass is 184 g/mol. The highest BCUT2D eigenvalue weighted by Crippen LogP contribution is 2.14. The number of hydrogen-bond acceptors (Lipinski definition) is 4. The second-order valence-corrected chi connectivity index (χ2v) is 2.87. The molecule has 0 aliphatic rings. The van der Waals surface area contributed by atoms with Crippen molar-refractivity contribution in [1.29, 1.82) is 0 Å². The molecule has 0 aromatic heterocycles. The van der Waals surface area contributed by atoms with Gasteiger partial charge in [-0.25, -0.2) is 5.43 Å². The van der Waals surface area contributed by atoms with Gasteiger partial charge < -0.3 is 4.18 Å². The third kappa shape index (κ3) is 3.13. The quantitative estimate of drug-likeness (QED) is 0.323. The predicted molar refractivity (Wildman–Crippen MR) is 51.6 cm³/mol. The molecule has 0 radical (unpaired) electrons. The largest absolute Gasteiger partial charge is 0.409 e. The van der Waals surface area contributed by atoms with E-state index in [1.807, 2.05) is 31.2 Å². The van der Waals surface area contributed by atoms with Gasteiger partial charge in [-0.3, -0.25) is 0 Å². The van der Waals surface area contributed by atoms with Crippen LogP contribution in [-0.4, -0.2) is 7.05 Å². The fraction of sp³-hybridized carbons (Fsp3) is 0.250. The lowest BCUT2D eigenvalue weighted by Crippen LogP contribution is -2.20. The molecule has 0 aliphatic heterocycles. The van der Waals surface area contributed by atoms with Crippen LogP contribution in [0, 0.1) is 6.92 Å². The van der Waals surface area contributed by atoms with E-state index in [1.165, 1.54) is 5.56 Å². The van der Waals surface area contributed by atoms with Crippen molar-refractivity contribution in [2.75, 3.05) is 7.05 Å². The van der Waals surface area contributed by atoms with Crippen LogP contribution in [-0.2, 0) is 0 Å². The Morgan fingerprint density at radius 1 is 1.25 bits per heavy atom. The van der Waals surface area contributed by atoms with Crippen molar-refractivity contribution in [3.05, 3.63) is 29.8 Å². The van der Waals surface area contributed by atoms with E-state index in [0.29, 0.717) is 0 Å². The van der Waals surface area contributed by atoms with Crippen LogP contribution >= 0.6 is 12.2 Å². The maximum Gasteiger partial charge on any atom is 0.159 e. The van der Waals surface area contributed by atoms with Gasteiger partial charge in [-0.05, 0) is 26.1 Å². The van der Waals surface area contributed by atoms with Gasteiger partial charge in [-0.1, -0.05) is 17.7 Å². The molecule has 0 spiro atoms. The Hall–Kier alpha value is -0.710. The van der Waals surface area contributed by atoms with E-state index in [1.54, 1.807) is 7.05 Å². The first-order chi connectivity index (χ1) is 5.83. The lowest BCUT2D eigenvalue weighted by Gasteiger charge is -2.03. The third-order valence-electron chi connectivity index (χ3n) is 1.30. The van der Waals surface area contributed by atoms with Crippen LogP contribution in [0.15, 0.2) is 24.3 Å². The van der Waals surface area contributed by atoms with Crippen molar-refractivity contribution >= 4 is 12.2 Å². The number of hydrazine groups is 1. The zero-order chi connectivity index (χ0) is 8.81. The summed E-state index contributed by atoms with van der Waals surface area (Å²) in [4.78, 5) is 2.76. The number of hydrogen-bond donors (Lipinski definition) is 2. The third-order valence-corrected chi connectivity index (χ3v) is 1.87. The molecule has 3 nitrogen and oxygen atoms in total. The molecule has 1 rings (SSSR count). The summed E-state index contributed by atoms with van der Waals surface area (Å²) in [6, 6.07) is 7.88. The lowest BCUT2D eigenvalue weighted by atomic mass is 10.2. The molecular weight excluding hydrogens is 172 g/mol. The maximum absolute atomic E-state index is 5.24. The highest BCUT2D eigenvalue weighted by molar-refractivity contribution is 7.93. The minimum Gasteiger partial charge on any atom is -0.409 e. The summed E-state index contributed by atoms with van der Waals surface area (Å²) in [5.74, 6) is 0.841. The van der Waals surface area contributed by atoms with Crippen LogP contribution < -0.4 is 14.4 Å². The van der Waals surface area contributed by atoms with Crippen molar-refractivity contribution in [2.45, 2.75) is 6.92 Å². The van der Waals surface area contributed by atoms with Crippen LogP contribution in [0.25, 0.3) is 0 Å². The van der Waals surface area contributed by atoms with E-state index in [2.05, 4.69) is 10.3 Å². The van der Waals surface area contributed by atoms with Gasteiger partial charge in [0.15, 0.2) is 12.2 Å². The Bertz CT molecular complexity index is 225. The van der Waals surface area contributed by atoms with Crippen molar-refractivity contribution in [2.24, 2.45) is 0 Å². The molecule has 0 heterocycles. The Kier molecular flexibility index (Phi) is 3.93. The molecule has 12 heavy (non-hydrogen) atoms. The molecule has 0 aliphatic carbocycles. The molecule has 2 N–H and O–H groups in total. The number of benzene rings is 1. The molecule has 0 amide bonds. The topological polar surface area (TPSA) is 33.3 Å². The zero-order valence-electron chi connectivity index (χ0n) is 7.13. The molecule has 0 saturated heterocycles. The number of nitrogens with one attached hydrogen (secondary N) is 2. The van der Waals surface area contributed by atoms with Crippen LogP contribution in [0.5, 0.6) is 5.75 Å². The SMILES string of the molecule is CNNSOc1ccc(C)cc1. The smallest absolute Gasteiger partial charge is 0.159 e. The van der Waals surface area contributed by atoms with E-state index >= 15 is 0 Å². The lowest BCUT2D eigenvalue weighted by molar-refractivity contribution is 0.623. The van der Waals surface area contributed by atoms with Crippen molar-refractivity contribution in [3.8, 4) is 5.75 Å². The molecule has 1 aromatic carbocycles. The van der Waals surface area contributed by atoms with Gasteiger partial charge in [0.1, 0.15) is 5.75 Å². The van der Waals surface area contributed by atoms with Gasteiger partial charge in [0, 0.05) is 0 Å². The van der Waals surface area contributed by atoms with Crippen LogP contribution in [0.2, 0.25) is 0 Å². The maximum atomic E-state index is 5.24. The van der Waals surface area contributed by atoms with E-state index < -0.39 is 0 Å². The summed E-state index contributed by atoms with van der Waals surface area (Å²) in [5, 5.41) is 0. The molecule has 66 valence electrons. The van der Waals surface area contributed by atoms with E-state index in [-0.39, 0.29) is 0 Å². The van der Waals surface area contributed by atoms with E-state index in [9.17, 15) is 0 Å². The average Bonchev–Trinajstić information content (AvgIpc) is 2.09. The normalized spacial score (nSPS) is 9.83. The Balaban J connectivity index is 2.37. The minimum absolute atomic E-state index is 0.841. The average molecular weight is 184 g/mol. The first kappa shape index (κ1) is 9.38. The summed E-state index contributed by atoms with van der Waals surface area (Å²) in [5.41, 5.74) is 3.97. The van der Waals surface area contributed by atoms with E-state index in [0.717, 1.165) is 18.0 Å². The van der Waals surface area contributed by atoms with Gasteiger partial charge in [0.05, 0.1) is 0 Å². The molecular formula is C8H12N2OS. The predicted octanol–water partition coefficient (Wildman–Crippen LogP) is 1.66. The van der Waals surface area contributed by atoms with Gasteiger partial charge in [-0.2, -0.15) is 4.83 Å². The fourth-order valence-corrected chi connectivity index (χ4v) is 1.04. The Labute approximate surface area is 76.8 Å². The molecule has 1 aromatic rings. The minimum atomic E-state index is 0.841. The van der Waals surface area contributed by atoms with Crippen molar-refractivity contribution < 1.29 is 4.18 Å². The molecule has 0 unspecified atom stereocenters. The van der Waals surface area contributed by atoms with Crippen LogP contribution in [0.4, 0.5) is 0 Å². The second-order valence-electron chi connectivity index (χ2n) is 2.33. The van der Waals surface area contributed by atoms with Crippen LogP contribution in [0.3, 0.4) is 0 Å². The molecule has 0 atom stereocenters. The summed E-state index contributed by atoms with van der Waals surface area (Å²) in [7, 11) is 1.78. The van der Waals surface area contributed by atoms with Gasteiger partial charge >= 0.3 is 0 Å². The summed E-state index contributed by atoms with van der Waals surface area (Å²) < 4.78 is 5.24. The molecule has 0 saturated carbocycles. The summed E-state index contributed by atoms with van der Waals surface area (Å²) in [6.07, 6.45) is 0. The Morgan fingerprint density at radius 3 is 2.50 bits per heavy atom. The molecule has 0 fully saturated rings. The fourth-order valence-electron chi connectivity index (χ4n) is 0.704. The number of rotatable bonds is 4. The molecule has 0 bridgehead atoms. The summed E-state index contributed by atoms with van der Waals surface area (Å²) >= 11 is 1.15. The molecule has 4 heteroatoms. The van der Waals surface area contributed by atoms with Crippen LogP contribution in [0.1, 0.15) is 5.56 Å². The highest BCUT2D eigenvalue weighted by atomic mass is 32.2. The standard InChI is InChI=1S/C8H12N2OS/c1-7-3-5-8(6-4-7)11-12-10-9-2/h3-6,9-10H,1-2H3. The zero-order valence-corrected chi connectivity index (χ0v) is 7.94. The highest BCUT2D eigenvalue weighted by Gasteiger charge is 1.91. The van der Waals surface area contributed by atoms with Gasteiger partial charge in [0.2, 0.25) is 0 Å².